The molecule has 1 aliphatic heterocycles. The molecule has 0 aromatic rings. The fraction of sp³-hybridized carbons (Fsp3) is 0.571. The number of allylic oxidation sites excluding steroid dienone is 3. The van der Waals surface area contributed by atoms with Crippen LogP contribution in [-0.4, -0.2) is 31.6 Å². The summed E-state index contributed by atoms with van der Waals surface area (Å²) in [5, 5.41) is 3.33. The molecule has 0 radical (unpaired) electrons. The van der Waals surface area contributed by atoms with Gasteiger partial charge in [-0.1, -0.05) is 6.08 Å². The lowest BCUT2D eigenvalue weighted by Crippen LogP contribution is -2.18. The Balaban J connectivity index is 2.06. The van der Waals surface area contributed by atoms with Crippen molar-refractivity contribution in [3.63, 3.8) is 0 Å². The number of likely N-dealkylation sites (tertiary alicyclic amines) is 1. The smallest absolute Gasteiger partial charge is 0.141 e. The van der Waals surface area contributed by atoms with Crippen LogP contribution >= 0.6 is 0 Å². The first kappa shape index (κ1) is 12.1. The first-order chi connectivity index (χ1) is 8.33. The molecule has 0 aromatic heterocycles. The van der Waals surface area contributed by atoms with Crippen molar-refractivity contribution in [2.75, 3.05) is 26.7 Å². The van der Waals surface area contributed by atoms with Crippen LogP contribution in [0.25, 0.3) is 0 Å². The van der Waals surface area contributed by atoms with Gasteiger partial charge >= 0.3 is 0 Å². The second kappa shape index (κ2) is 5.80. The molecule has 0 saturated carbocycles. The summed E-state index contributed by atoms with van der Waals surface area (Å²) in [7, 11) is 1.73. The molecule has 0 unspecified atom stereocenters. The van der Waals surface area contributed by atoms with E-state index in [0.29, 0.717) is 0 Å². The molecule has 94 valence electrons. The van der Waals surface area contributed by atoms with E-state index < -0.39 is 0 Å². The summed E-state index contributed by atoms with van der Waals surface area (Å²) in [4.78, 5) is 2.41. The molecule has 0 spiro atoms. The molecule has 3 heteroatoms. The number of nitrogens with zero attached hydrogens (tertiary/aromatic N) is 1. The standard InChI is InChI=1S/C14H22N2O/c1-3-15-13-7-6-12(10-14(13)17-2)11-16-8-4-5-9-16/h7,10-11,15H,3-6,8-9H2,1-2H3. The number of nitrogens with one attached hydrogen (secondary N) is 1. The highest BCUT2D eigenvalue weighted by atomic mass is 16.5. The Morgan fingerprint density at radius 1 is 1.41 bits per heavy atom. The number of hydrogen-bond acceptors (Lipinski definition) is 3. The number of likely N-dealkylation sites (N-methyl/N-ethyl adjacent to an activating group) is 1. The summed E-state index contributed by atoms with van der Waals surface area (Å²) in [6.45, 7) is 5.42. The number of rotatable bonds is 4. The molecule has 3 nitrogen and oxygen atoms in total. The van der Waals surface area contributed by atoms with Crippen LogP contribution < -0.4 is 5.32 Å². The van der Waals surface area contributed by atoms with Gasteiger partial charge in [-0.2, -0.15) is 0 Å². The van der Waals surface area contributed by atoms with E-state index in [-0.39, 0.29) is 0 Å². The molecule has 1 fully saturated rings. The second-order valence-corrected chi connectivity index (χ2v) is 4.51. The van der Waals surface area contributed by atoms with E-state index in [9.17, 15) is 0 Å². The van der Waals surface area contributed by atoms with Gasteiger partial charge in [0, 0.05) is 25.8 Å². The van der Waals surface area contributed by atoms with Gasteiger partial charge in [0.25, 0.3) is 0 Å². The Kier molecular flexibility index (Phi) is 4.13. The van der Waals surface area contributed by atoms with Gasteiger partial charge in [-0.3, -0.25) is 0 Å². The molecule has 0 amide bonds. The SMILES string of the molecule is CCNC1=CCC(=CN2CCCC2)C=C1OC. The Morgan fingerprint density at radius 2 is 2.18 bits per heavy atom. The fourth-order valence-electron chi connectivity index (χ4n) is 2.34. The van der Waals surface area contributed by atoms with Gasteiger partial charge < -0.3 is 15.0 Å². The molecular weight excluding hydrogens is 212 g/mol. The molecule has 1 aliphatic carbocycles. The van der Waals surface area contributed by atoms with Crippen molar-refractivity contribution in [1.82, 2.24) is 10.2 Å². The number of methoxy groups -OCH3 is 1. The minimum Gasteiger partial charge on any atom is -0.495 e. The molecule has 1 saturated heterocycles. The molecule has 0 atom stereocenters. The molecule has 0 bridgehead atoms. The highest BCUT2D eigenvalue weighted by Crippen LogP contribution is 2.22. The van der Waals surface area contributed by atoms with Crippen molar-refractivity contribution >= 4 is 0 Å². The summed E-state index contributed by atoms with van der Waals surface area (Å²) >= 11 is 0. The lowest BCUT2D eigenvalue weighted by molar-refractivity contribution is 0.294. The largest absolute Gasteiger partial charge is 0.495 e. The van der Waals surface area contributed by atoms with Crippen molar-refractivity contribution in [3.8, 4) is 0 Å². The first-order valence-electron chi connectivity index (χ1n) is 6.48. The maximum absolute atomic E-state index is 5.42. The third-order valence-corrected chi connectivity index (χ3v) is 3.20. The molecule has 17 heavy (non-hydrogen) atoms. The van der Waals surface area contributed by atoms with E-state index in [1.165, 1.54) is 31.5 Å². The zero-order chi connectivity index (χ0) is 12.1. The number of ether oxygens (including phenoxy) is 1. The van der Waals surface area contributed by atoms with E-state index in [0.717, 1.165) is 24.4 Å². The van der Waals surface area contributed by atoms with Gasteiger partial charge in [-0.05, 0) is 37.8 Å². The molecular formula is C14H22N2O. The highest BCUT2D eigenvalue weighted by Gasteiger charge is 2.13. The van der Waals surface area contributed by atoms with Crippen LogP contribution in [0.2, 0.25) is 0 Å². The molecule has 1 N–H and O–H groups in total. The van der Waals surface area contributed by atoms with Crippen LogP contribution in [0.4, 0.5) is 0 Å². The maximum Gasteiger partial charge on any atom is 0.141 e. The zero-order valence-electron chi connectivity index (χ0n) is 10.8. The van der Waals surface area contributed by atoms with Crippen molar-refractivity contribution in [1.29, 1.82) is 0 Å². The Hall–Kier alpha value is -1.38. The van der Waals surface area contributed by atoms with Gasteiger partial charge in [0.2, 0.25) is 0 Å². The van der Waals surface area contributed by atoms with Gasteiger partial charge in [0.1, 0.15) is 5.76 Å². The highest BCUT2D eigenvalue weighted by molar-refractivity contribution is 5.39. The van der Waals surface area contributed by atoms with Crippen LogP contribution in [0.15, 0.2) is 35.4 Å². The minimum absolute atomic E-state index is 0.928. The van der Waals surface area contributed by atoms with Gasteiger partial charge in [0.05, 0.1) is 12.8 Å². The van der Waals surface area contributed by atoms with Crippen molar-refractivity contribution < 1.29 is 4.74 Å². The Bertz CT molecular complexity index is 349. The molecule has 0 aromatic carbocycles. The van der Waals surface area contributed by atoms with Gasteiger partial charge in [0.15, 0.2) is 0 Å². The van der Waals surface area contributed by atoms with E-state index in [4.69, 9.17) is 4.74 Å². The topological polar surface area (TPSA) is 24.5 Å². The predicted molar refractivity (Wildman–Crippen MR) is 70.4 cm³/mol. The third-order valence-electron chi connectivity index (χ3n) is 3.20. The van der Waals surface area contributed by atoms with E-state index in [2.05, 4.69) is 35.5 Å². The summed E-state index contributed by atoms with van der Waals surface area (Å²) in [5.74, 6) is 0.948. The first-order valence-corrected chi connectivity index (χ1v) is 6.48. The third kappa shape index (κ3) is 3.05. The zero-order valence-corrected chi connectivity index (χ0v) is 10.8. The maximum atomic E-state index is 5.42. The summed E-state index contributed by atoms with van der Waals surface area (Å²) in [6.07, 6.45) is 10.3. The predicted octanol–water partition coefficient (Wildman–Crippen LogP) is 2.39. The molecule has 1 heterocycles. The van der Waals surface area contributed by atoms with E-state index >= 15 is 0 Å². The number of hydrogen-bond donors (Lipinski definition) is 1. The molecule has 2 rings (SSSR count). The fourth-order valence-corrected chi connectivity index (χ4v) is 2.34. The van der Waals surface area contributed by atoms with Crippen LogP contribution in [0.5, 0.6) is 0 Å². The lowest BCUT2D eigenvalue weighted by atomic mass is 10.1. The monoisotopic (exact) mass is 234 g/mol. The average Bonchev–Trinajstić information content (AvgIpc) is 2.84. The van der Waals surface area contributed by atoms with Crippen LogP contribution in [-0.2, 0) is 4.74 Å². The van der Waals surface area contributed by atoms with Crippen LogP contribution in [0, 0.1) is 0 Å². The van der Waals surface area contributed by atoms with Crippen molar-refractivity contribution in [2.24, 2.45) is 0 Å². The van der Waals surface area contributed by atoms with Gasteiger partial charge in [-0.15, -0.1) is 0 Å². The molecule has 2 aliphatic rings. The van der Waals surface area contributed by atoms with Crippen LogP contribution in [0.3, 0.4) is 0 Å². The van der Waals surface area contributed by atoms with Crippen molar-refractivity contribution in [3.05, 3.63) is 35.4 Å². The van der Waals surface area contributed by atoms with Crippen LogP contribution in [0.1, 0.15) is 26.2 Å². The summed E-state index contributed by atoms with van der Waals surface area (Å²) in [6, 6.07) is 0. The normalized spacial score (nSPS) is 22.5. The van der Waals surface area contributed by atoms with Crippen molar-refractivity contribution in [2.45, 2.75) is 26.2 Å². The minimum atomic E-state index is 0.928. The van der Waals surface area contributed by atoms with E-state index in [1.54, 1.807) is 7.11 Å². The van der Waals surface area contributed by atoms with E-state index in [1.807, 2.05) is 0 Å². The lowest BCUT2D eigenvalue weighted by Gasteiger charge is -2.19. The summed E-state index contributed by atoms with van der Waals surface area (Å²) in [5.41, 5.74) is 2.46. The Labute approximate surface area is 104 Å². The quantitative estimate of drug-likeness (QED) is 0.808. The second-order valence-electron chi connectivity index (χ2n) is 4.51. The average molecular weight is 234 g/mol. The Morgan fingerprint density at radius 3 is 2.82 bits per heavy atom. The summed E-state index contributed by atoms with van der Waals surface area (Å²) < 4.78 is 5.42. The van der Waals surface area contributed by atoms with Gasteiger partial charge in [-0.25, -0.2) is 0 Å².